The molecular weight excluding hydrogens is 462 g/mol. The highest BCUT2D eigenvalue weighted by Gasteiger charge is 2.32. The van der Waals surface area contributed by atoms with E-state index >= 15 is 0 Å². The molecule has 1 amide bonds. The van der Waals surface area contributed by atoms with Crippen molar-refractivity contribution in [2.24, 2.45) is 11.8 Å². The van der Waals surface area contributed by atoms with E-state index in [2.05, 4.69) is 53.6 Å². The minimum Gasteiger partial charge on any atom is -0.365 e. The molecule has 0 aliphatic carbocycles. The van der Waals surface area contributed by atoms with Crippen molar-refractivity contribution in [2.45, 2.75) is 52.5 Å². The average Bonchev–Trinajstić information content (AvgIpc) is 3.42. The largest absolute Gasteiger partial charge is 0.365 e. The lowest BCUT2D eigenvalue weighted by molar-refractivity contribution is 0.0871. The highest BCUT2D eigenvalue weighted by Crippen LogP contribution is 2.33. The summed E-state index contributed by atoms with van der Waals surface area (Å²) in [4.78, 5) is 35.6. The zero-order valence-electron chi connectivity index (χ0n) is 22.2. The summed E-state index contributed by atoms with van der Waals surface area (Å²) in [7, 11) is 0. The number of nitrogens with zero attached hydrogens (tertiary/aromatic N) is 2. The summed E-state index contributed by atoms with van der Waals surface area (Å²) in [5, 5.41) is 9.65. The van der Waals surface area contributed by atoms with Gasteiger partial charge in [-0.05, 0) is 84.8 Å². The third-order valence-corrected chi connectivity index (χ3v) is 7.06. The minimum atomic E-state index is -0.278. The van der Waals surface area contributed by atoms with Crippen molar-refractivity contribution in [1.82, 2.24) is 15.3 Å². The molecule has 1 aliphatic heterocycles. The molecule has 0 saturated carbocycles. The Morgan fingerprint density at radius 2 is 1.86 bits per heavy atom. The topological polar surface area (TPSA) is 96.0 Å². The van der Waals surface area contributed by atoms with Crippen molar-refractivity contribution >= 4 is 23.2 Å². The van der Waals surface area contributed by atoms with Crippen LogP contribution in [0.25, 0.3) is 0 Å². The van der Waals surface area contributed by atoms with Gasteiger partial charge in [-0.3, -0.25) is 14.6 Å². The maximum Gasteiger partial charge on any atom is 0.259 e. The summed E-state index contributed by atoms with van der Waals surface area (Å²) in [5.74, 6) is 0.689. The van der Waals surface area contributed by atoms with Gasteiger partial charge in [0, 0.05) is 42.3 Å². The molecule has 1 saturated heterocycles. The lowest BCUT2D eigenvalue weighted by atomic mass is 9.77. The van der Waals surface area contributed by atoms with Crippen molar-refractivity contribution in [3.05, 3.63) is 83.3 Å². The van der Waals surface area contributed by atoms with Crippen LogP contribution in [0.3, 0.4) is 0 Å². The van der Waals surface area contributed by atoms with Gasteiger partial charge >= 0.3 is 0 Å². The fourth-order valence-electron chi connectivity index (χ4n) is 5.05. The Balaban J connectivity index is 1.58. The number of rotatable bonds is 9. The van der Waals surface area contributed by atoms with Crippen LogP contribution in [0.15, 0.2) is 61.1 Å². The van der Waals surface area contributed by atoms with E-state index in [1.165, 1.54) is 0 Å². The number of aromatic nitrogens is 2. The first-order chi connectivity index (χ1) is 17.8. The molecule has 2 atom stereocenters. The van der Waals surface area contributed by atoms with Crippen molar-refractivity contribution in [1.29, 1.82) is 0 Å². The summed E-state index contributed by atoms with van der Waals surface area (Å²) in [6.45, 7) is 10.8. The summed E-state index contributed by atoms with van der Waals surface area (Å²) < 4.78 is 0. The van der Waals surface area contributed by atoms with E-state index in [-0.39, 0.29) is 23.0 Å². The number of pyridine rings is 2. The molecule has 2 aromatic heterocycles. The number of amides is 1. The monoisotopic (exact) mass is 499 g/mol. The van der Waals surface area contributed by atoms with Crippen molar-refractivity contribution in [2.75, 3.05) is 23.7 Å². The summed E-state index contributed by atoms with van der Waals surface area (Å²) in [6.07, 6.45) is 6.93. The number of nitrogens with one attached hydrogen (secondary N) is 3. The molecule has 0 radical (unpaired) electrons. The first-order valence-corrected chi connectivity index (χ1v) is 13.1. The van der Waals surface area contributed by atoms with Crippen LogP contribution in [0.4, 0.5) is 11.5 Å². The van der Waals surface area contributed by atoms with E-state index < -0.39 is 0 Å². The van der Waals surface area contributed by atoms with Gasteiger partial charge in [-0.15, -0.1) is 0 Å². The SMILES string of the molecule is CCC(C(=O)c1cc(NC(=O)c2cccnc2NCc2ccncc2)ccc1C(C)(C)C)C1CCNC1. The normalized spacial score (nSPS) is 16.3. The van der Waals surface area contributed by atoms with Crippen LogP contribution in [0.2, 0.25) is 0 Å². The molecular formula is C30H37N5O2. The maximum absolute atomic E-state index is 13.8. The number of benzene rings is 1. The van der Waals surface area contributed by atoms with Gasteiger partial charge < -0.3 is 16.0 Å². The Morgan fingerprint density at radius 3 is 2.54 bits per heavy atom. The zero-order valence-corrected chi connectivity index (χ0v) is 22.2. The van der Waals surface area contributed by atoms with Crippen LogP contribution < -0.4 is 16.0 Å². The van der Waals surface area contributed by atoms with Gasteiger partial charge in [-0.1, -0.05) is 33.8 Å². The van der Waals surface area contributed by atoms with Crippen LogP contribution in [0.1, 0.15) is 72.4 Å². The van der Waals surface area contributed by atoms with Crippen LogP contribution in [-0.4, -0.2) is 34.7 Å². The molecule has 0 bridgehead atoms. The Hall–Kier alpha value is -3.58. The quantitative estimate of drug-likeness (QED) is 0.339. The number of carbonyl (C=O) groups excluding carboxylic acids is 2. The summed E-state index contributed by atoms with van der Waals surface area (Å²) in [6, 6.07) is 13.0. The van der Waals surface area contributed by atoms with Gasteiger partial charge in [0.05, 0.1) is 5.56 Å². The number of carbonyl (C=O) groups is 2. The van der Waals surface area contributed by atoms with Gasteiger partial charge in [0.1, 0.15) is 5.82 Å². The second kappa shape index (κ2) is 11.6. The standard InChI is InChI=1S/C30H37N5O2/c1-5-23(21-12-16-32-19-21)27(36)25-17-22(8-9-26(25)30(2,3)4)35-29(37)24-7-6-13-33-28(24)34-18-20-10-14-31-15-11-20/h6-11,13-15,17,21,23,32H,5,12,16,18-19H2,1-4H3,(H,33,34)(H,35,37). The van der Waals surface area contributed by atoms with Gasteiger partial charge in [-0.25, -0.2) is 4.98 Å². The lowest BCUT2D eigenvalue weighted by Crippen LogP contribution is -2.28. The number of ketones is 1. The number of hydrogen-bond donors (Lipinski definition) is 3. The smallest absolute Gasteiger partial charge is 0.259 e. The first-order valence-electron chi connectivity index (χ1n) is 13.1. The van der Waals surface area contributed by atoms with Crippen LogP contribution in [0.5, 0.6) is 0 Å². The third kappa shape index (κ3) is 6.41. The van der Waals surface area contributed by atoms with Gasteiger partial charge in [-0.2, -0.15) is 0 Å². The second-order valence-corrected chi connectivity index (χ2v) is 10.7. The number of Topliss-reactive ketones (excluding diaryl/α,β-unsaturated/α-hetero) is 1. The fourth-order valence-corrected chi connectivity index (χ4v) is 5.05. The van der Waals surface area contributed by atoms with Crippen LogP contribution in [-0.2, 0) is 12.0 Å². The number of hydrogen-bond acceptors (Lipinski definition) is 6. The lowest BCUT2D eigenvalue weighted by Gasteiger charge is -2.27. The zero-order chi connectivity index (χ0) is 26.4. The molecule has 0 spiro atoms. The van der Waals surface area contributed by atoms with Crippen LogP contribution in [0, 0.1) is 11.8 Å². The highest BCUT2D eigenvalue weighted by molar-refractivity contribution is 6.08. The van der Waals surface area contributed by atoms with E-state index in [4.69, 9.17) is 0 Å². The van der Waals surface area contributed by atoms with E-state index in [9.17, 15) is 9.59 Å². The van der Waals surface area contributed by atoms with Gasteiger partial charge in [0.2, 0.25) is 0 Å². The van der Waals surface area contributed by atoms with Crippen LogP contribution >= 0.6 is 0 Å². The highest BCUT2D eigenvalue weighted by atomic mass is 16.1. The molecule has 1 aromatic carbocycles. The Kier molecular flexibility index (Phi) is 8.34. The van der Waals surface area contributed by atoms with E-state index in [0.717, 1.165) is 37.1 Å². The van der Waals surface area contributed by atoms with Crippen molar-refractivity contribution in [3.8, 4) is 0 Å². The molecule has 4 rings (SSSR count). The Labute approximate surface area is 219 Å². The first kappa shape index (κ1) is 26.5. The molecule has 1 aliphatic rings. The summed E-state index contributed by atoms with van der Waals surface area (Å²) >= 11 is 0. The maximum atomic E-state index is 13.8. The molecule has 3 aromatic rings. The van der Waals surface area contributed by atoms with E-state index in [1.54, 1.807) is 30.7 Å². The molecule has 194 valence electrons. The average molecular weight is 500 g/mol. The molecule has 7 nitrogen and oxygen atoms in total. The van der Waals surface area contributed by atoms with E-state index in [1.807, 2.05) is 30.3 Å². The minimum absolute atomic E-state index is 0.0376. The Morgan fingerprint density at radius 1 is 1.08 bits per heavy atom. The predicted octanol–water partition coefficient (Wildman–Crippen LogP) is 5.46. The second-order valence-electron chi connectivity index (χ2n) is 10.7. The van der Waals surface area contributed by atoms with E-state index in [0.29, 0.717) is 35.1 Å². The molecule has 3 heterocycles. The van der Waals surface area contributed by atoms with Crippen molar-refractivity contribution < 1.29 is 9.59 Å². The Bertz CT molecular complexity index is 1230. The molecule has 37 heavy (non-hydrogen) atoms. The van der Waals surface area contributed by atoms with Gasteiger partial charge in [0.15, 0.2) is 5.78 Å². The van der Waals surface area contributed by atoms with Crippen molar-refractivity contribution in [3.63, 3.8) is 0 Å². The number of anilines is 2. The molecule has 7 heteroatoms. The van der Waals surface area contributed by atoms with Gasteiger partial charge in [0.25, 0.3) is 5.91 Å². The fraction of sp³-hybridized carbons (Fsp3) is 0.400. The summed E-state index contributed by atoms with van der Waals surface area (Å²) in [5.41, 5.74) is 3.58. The molecule has 3 N–H and O–H groups in total. The predicted molar refractivity (Wildman–Crippen MR) is 148 cm³/mol. The molecule has 1 fully saturated rings. The molecule has 2 unspecified atom stereocenters. The third-order valence-electron chi connectivity index (χ3n) is 7.06.